The van der Waals surface area contributed by atoms with E-state index in [-0.39, 0.29) is 0 Å². The summed E-state index contributed by atoms with van der Waals surface area (Å²) in [7, 11) is 1.65. The van der Waals surface area contributed by atoms with Gasteiger partial charge in [-0.1, -0.05) is 6.07 Å². The molecule has 100 valence electrons. The first-order valence-electron chi connectivity index (χ1n) is 6.59. The van der Waals surface area contributed by atoms with Crippen LogP contribution in [-0.4, -0.2) is 29.3 Å². The summed E-state index contributed by atoms with van der Waals surface area (Å²) in [5, 5.41) is 15.5. The van der Waals surface area contributed by atoms with Crippen LogP contribution in [-0.2, 0) is 0 Å². The fraction of sp³-hybridized carbons (Fsp3) is 0.400. The van der Waals surface area contributed by atoms with Crippen LogP contribution < -0.4 is 10.1 Å². The summed E-state index contributed by atoms with van der Waals surface area (Å²) in [6.45, 7) is 0.552. The van der Waals surface area contributed by atoms with E-state index < -0.39 is 5.60 Å². The Hall–Kier alpha value is -1.81. The highest BCUT2D eigenvalue weighted by Crippen LogP contribution is 2.32. The van der Waals surface area contributed by atoms with Crippen molar-refractivity contribution in [3.63, 3.8) is 0 Å². The van der Waals surface area contributed by atoms with E-state index in [0.29, 0.717) is 6.54 Å². The highest BCUT2D eigenvalue weighted by Gasteiger charge is 2.34. The number of hydrogen-bond acceptors (Lipinski definition) is 4. The number of methoxy groups -OCH3 is 1. The van der Waals surface area contributed by atoms with Crippen LogP contribution >= 0.6 is 0 Å². The van der Waals surface area contributed by atoms with Crippen molar-refractivity contribution < 1.29 is 9.84 Å². The van der Waals surface area contributed by atoms with E-state index in [2.05, 4.69) is 10.3 Å². The molecule has 1 saturated carbocycles. The SMILES string of the molecule is COc1ccc2ccnc(NCC3(O)CCC3)c2c1. The van der Waals surface area contributed by atoms with Gasteiger partial charge in [-0.3, -0.25) is 0 Å². The highest BCUT2D eigenvalue weighted by molar-refractivity contribution is 5.92. The lowest BCUT2D eigenvalue weighted by Crippen LogP contribution is -2.43. The fourth-order valence-electron chi connectivity index (χ4n) is 2.43. The van der Waals surface area contributed by atoms with Crippen LogP contribution in [0.15, 0.2) is 30.5 Å². The molecule has 0 bridgehead atoms. The van der Waals surface area contributed by atoms with Crippen molar-refractivity contribution in [1.29, 1.82) is 0 Å². The van der Waals surface area contributed by atoms with Gasteiger partial charge >= 0.3 is 0 Å². The Labute approximate surface area is 112 Å². The van der Waals surface area contributed by atoms with Crippen molar-refractivity contribution in [1.82, 2.24) is 4.98 Å². The van der Waals surface area contributed by atoms with Crippen LogP contribution in [0.1, 0.15) is 19.3 Å². The maximum absolute atomic E-state index is 10.1. The highest BCUT2D eigenvalue weighted by atomic mass is 16.5. The standard InChI is InChI=1S/C15H18N2O2/c1-19-12-4-3-11-5-8-16-14(13(11)9-12)17-10-15(18)6-2-7-15/h3-5,8-9,18H,2,6-7,10H2,1H3,(H,16,17). The van der Waals surface area contributed by atoms with Gasteiger partial charge in [0.2, 0.25) is 0 Å². The Balaban J connectivity index is 1.89. The number of benzene rings is 1. The van der Waals surface area contributed by atoms with Gasteiger partial charge in [0, 0.05) is 18.1 Å². The van der Waals surface area contributed by atoms with Gasteiger partial charge in [-0.25, -0.2) is 4.98 Å². The molecule has 0 radical (unpaired) electrons. The van der Waals surface area contributed by atoms with Crippen LogP contribution in [0.4, 0.5) is 5.82 Å². The summed E-state index contributed by atoms with van der Waals surface area (Å²) in [6, 6.07) is 7.89. The van der Waals surface area contributed by atoms with Crippen molar-refractivity contribution >= 4 is 16.6 Å². The number of ether oxygens (including phenoxy) is 1. The number of aliphatic hydroxyl groups is 1. The summed E-state index contributed by atoms with van der Waals surface area (Å²) in [6.07, 6.45) is 4.62. The van der Waals surface area contributed by atoms with E-state index in [0.717, 1.165) is 41.6 Å². The lowest BCUT2D eigenvalue weighted by molar-refractivity contribution is -0.0202. The molecular formula is C15H18N2O2. The lowest BCUT2D eigenvalue weighted by atomic mass is 9.80. The molecule has 1 aliphatic rings. The normalized spacial score (nSPS) is 16.9. The van der Waals surface area contributed by atoms with Gasteiger partial charge in [-0.05, 0) is 42.8 Å². The van der Waals surface area contributed by atoms with Gasteiger partial charge < -0.3 is 15.2 Å². The molecule has 0 atom stereocenters. The van der Waals surface area contributed by atoms with Crippen molar-refractivity contribution in [2.45, 2.75) is 24.9 Å². The molecular weight excluding hydrogens is 240 g/mol. The molecule has 1 aromatic carbocycles. The van der Waals surface area contributed by atoms with Crippen molar-refractivity contribution in [3.05, 3.63) is 30.5 Å². The Kier molecular flexibility index (Phi) is 3.03. The second kappa shape index (κ2) is 4.70. The average molecular weight is 258 g/mol. The predicted molar refractivity (Wildman–Crippen MR) is 75.6 cm³/mol. The molecule has 0 spiro atoms. The molecule has 1 fully saturated rings. The summed E-state index contributed by atoms with van der Waals surface area (Å²) >= 11 is 0. The van der Waals surface area contributed by atoms with Crippen LogP contribution in [0.25, 0.3) is 10.8 Å². The summed E-state index contributed by atoms with van der Waals surface area (Å²) in [4.78, 5) is 4.37. The van der Waals surface area contributed by atoms with E-state index >= 15 is 0 Å². The lowest BCUT2D eigenvalue weighted by Gasteiger charge is -2.36. The number of aromatic nitrogens is 1. The average Bonchev–Trinajstić information content (AvgIpc) is 2.42. The largest absolute Gasteiger partial charge is 0.497 e. The molecule has 2 aromatic rings. The maximum atomic E-state index is 10.1. The number of nitrogens with zero attached hydrogens (tertiary/aromatic N) is 1. The maximum Gasteiger partial charge on any atom is 0.134 e. The van der Waals surface area contributed by atoms with Crippen LogP contribution in [0.3, 0.4) is 0 Å². The zero-order valence-electron chi connectivity index (χ0n) is 11.0. The molecule has 0 unspecified atom stereocenters. The molecule has 0 aliphatic heterocycles. The molecule has 2 N–H and O–H groups in total. The van der Waals surface area contributed by atoms with E-state index in [9.17, 15) is 5.11 Å². The summed E-state index contributed by atoms with van der Waals surface area (Å²) in [5.74, 6) is 1.61. The van der Waals surface area contributed by atoms with Gasteiger partial charge in [0.15, 0.2) is 0 Å². The molecule has 0 saturated heterocycles. The third-order valence-corrected chi connectivity index (χ3v) is 3.84. The molecule has 1 aliphatic carbocycles. The van der Waals surface area contributed by atoms with Gasteiger partial charge in [0.1, 0.15) is 11.6 Å². The summed E-state index contributed by atoms with van der Waals surface area (Å²) in [5.41, 5.74) is -0.553. The Bertz CT molecular complexity index is 594. The number of hydrogen-bond donors (Lipinski definition) is 2. The Morgan fingerprint density at radius 1 is 1.37 bits per heavy atom. The first kappa shape index (κ1) is 12.2. The number of anilines is 1. The zero-order valence-corrected chi connectivity index (χ0v) is 11.0. The number of rotatable bonds is 4. The Morgan fingerprint density at radius 3 is 2.89 bits per heavy atom. The quantitative estimate of drug-likeness (QED) is 0.885. The third kappa shape index (κ3) is 2.36. The minimum atomic E-state index is -0.553. The first-order chi connectivity index (χ1) is 9.20. The second-order valence-corrected chi connectivity index (χ2v) is 5.18. The smallest absolute Gasteiger partial charge is 0.134 e. The van der Waals surface area contributed by atoms with Crippen molar-refractivity contribution in [2.75, 3.05) is 19.0 Å². The zero-order chi connectivity index (χ0) is 13.3. The van der Waals surface area contributed by atoms with Gasteiger partial charge in [-0.15, -0.1) is 0 Å². The first-order valence-corrected chi connectivity index (χ1v) is 6.59. The van der Waals surface area contributed by atoms with Crippen molar-refractivity contribution in [3.8, 4) is 5.75 Å². The molecule has 4 heteroatoms. The van der Waals surface area contributed by atoms with Crippen LogP contribution in [0.5, 0.6) is 5.75 Å². The fourth-order valence-corrected chi connectivity index (χ4v) is 2.43. The minimum absolute atomic E-state index is 0.552. The number of nitrogens with one attached hydrogen (secondary N) is 1. The molecule has 1 heterocycles. The molecule has 3 rings (SSSR count). The van der Waals surface area contributed by atoms with Gasteiger partial charge in [0.05, 0.1) is 12.7 Å². The summed E-state index contributed by atoms with van der Waals surface area (Å²) < 4.78 is 5.25. The van der Waals surface area contributed by atoms with E-state index in [1.54, 1.807) is 13.3 Å². The minimum Gasteiger partial charge on any atom is -0.497 e. The van der Waals surface area contributed by atoms with E-state index in [1.807, 2.05) is 24.3 Å². The van der Waals surface area contributed by atoms with E-state index in [1.165, 1.54) is 0 Å². The van der Waals surface area contributed by atoms with E-state index in [4.69, 9.17) is 4.74 Å². The molecule has 1 aromatic heterocycles. The molecule has 0 amide bonds. The topological polar surface area (TPSA) is 54.4 Å². The number of fused-ring (bicyclic) bond motifs is 1. The molecule has 19 heavy (non-hydrogen) atoms. The third-order valence-electron chi connectivity index (χ3n) is 3.84. The second-order valence-electron chi connectivity index (χ2n) is 5.18. The number of pyridine rings is 1. The van der Waals surface area contributed by atoms with Crippen LogP contribution in [0.2, 0.25) is 0 Å². The van der Waals surface area contributed by atoms with Gasteiger partial charge in [0.25, 0.3) is 0 Å². The Morgan fingerprint density at radius 2 is 2.21 bits per heavy atom. The van der Waals surface area contributed by atoms with Gasteiger partial charge in [-0.2, -0.15) is 0 Å². The van der Waals surface area contributed by atoms with Crippen molar-refractivity contribution in [2.24, 2.45) is 0 Å². The monoisotopic (exact) mass is 258 g/mol. The van der Waals surface area contributed by atoms with Crippen LogP contribution in [0, 0.1) is 0 Å². The predicted octanol–water partition coefficient (Wildman–Crippen LogP) is 2.57. The molecule has 4 nitrogen and oxygen atoms in total.